The van der Waals surface area contributed by atoms with Crippen LogP contribution < -0.4 is 5.32 Å². The Morgan fingerprint density at radius 2 is 2.08 bits per heavy atom. The average Bonchev–Trinajstić information content (AvgIpc) is 2.10. The number of unbranched alkanes of at least 4 members (excludes halogenated alkanes) is 1. The number of carbonyl (C=O) groups is 1. The van der Waals surface area contributed by atoms with Crippen LogP contribution >= 0.6 is 0 Å². The monoisotopic (exact) mass is 182 g/mol. The summed E-state index contributed by atoms with van der Waals surface area (Å²) in [5.74, 6) is 0.519. The fourth-order valence-corrected chi connectivity index (χ4v) is 0.843. The van der Waals surface area contributed by atoms with Gasteiger partial charge in [-0.25, -0.2) is 0 Å². The van der Waals surface area contributed by atoms with E-state index in [1.165, 1.54) is 0 Å². The normalized spacial score (nSPS) is 12.2. The van der Waals surface area contributed by atoms with Crippen molar-refractivity contribution in [3.8, 4) is 6.07 Å². The molecule has 13 heavy (non-hydrogen) atoms. The standard InChI is InChI=1S/C10H18N2O/c1-8(2)9(3)10(13)12-7-5-4-6-11/h8-9H,4-5,7H2,1-3H3,(H,12,13). The molecule has 1 atom stereocenters. The molecule has 1 N–H and O–H groups in total. The Labute approximate surface area is 80.1 Å². The third-order valence-electron chi connectivity index (χ3n) is 2.18. The molecule has 0 aliphatic heterocycles. The largest absolute Gasteiger partial charge is 0.356 e. The Morgan fingerprint density at radius 3 is 2.54 bits per heavy atom. The summed E-state index contributed by atoms with van der Waals surface area (Å²) in [5.41, 5.74) is 0. The number of amides is 1. The minimum absolute atomic E-state index is 0.0575. The highest BCUT2D eigenvalue weighted by molar-refractivity contribution is 5.78. The minimum Gasteiger partial charge on any atom is -0.356 e. The number of hydrogen-bond donors (Lipinski definition) is 1. The van der Waals surface area contributed by atoms with Crippen LogP contribution in [0.5, 0.6) is 0 Å². The second-order valence-electron chi connectivity index (χ2n) is 3.59. The minimum atomic E-state index is 0.0575. The maximum atomic E-state index is 11.4. The molecular formula is C10H18N2O. The SMILES string of the molecule is CC(C)C(C)C(=O)NCCCC#N. The first-order valence-electron chi connectivity index (χ1n) is 4.74. The van der Waals surface area contributed by atoms with Crippen molar-refractivity contribution in [1.29, 1.82) is 5.26 Å². The van der Waals surface area contributed by atoms with Crippen molar-refractivity contribution in [1.82, 2.24) is 5.32 Å². The zero-order valence-electron chi connectivity index (χ0n) is 8.63. The molecule has 0 aliphatic rings. The van der Waals surface area contributed by atoms with Crippen LogP contribution in [0.15, 0.2) is 0 Å². The predicted molar refractivity (Wildman–Crippen MR) is 51.9 cm³/mol. The molecule has 0 spiro atoms. The molecule has 0 aromatic rings. The van der Waals surface area contributed by atoms with Crippen LogP contribution in [0.2, 0.25) is 0 Å². The van der Waals surface area contributed by atoms with Gasteiger partial charge in [0.1, 0.15) is 0 Å². The molecule has 0 saturated carbocycles. The molecule has 3 nitrogen and oxygen atoms in total. The van der Waals surface area contributed by atoms with Crippen LogP contribution in [-0.2, 0) is 4.79 Å². The summed E-state index contributed by atoms with van der Waals surface area (Å²) in [5, 5.41) is 11.1. The van der Waals surface area contributed by atoms with E-state index < -0.39 is 0 Å². The number of nitrogens with one attached hydrogen (secondary N) is 1. The molecule has 0 rings (SSSR count). The highest BCUT2D eigenvalue weighted by atomic mass is 16.1. The molecule has 1 unspecified atom stereocenters. The van der Waals surface area contributed by atoms with Gasteiger partial charge in [-0.15, -0.1) is 0 Å². The van der Waals surface area contributed by atoms with Crippen molar-refractivity contribution in [3.63, 3.8) is 0 Å². The van der Waals surface area contributed by atoms with Crippen LogP contribution in [0.3, 0.4) is 0 Å². The number of nitrogens with zero attached hydrogens (tertiary/aromatic N) is 1. The van der Waals surface area contributed by atoms with Gasteiger partial charge in [0.05, 0.1) is 6.07 Å². The van der Waals surface area contributed by atoms with Gasteiger partial charge in [0.25, 0.3) is 0 Å². The van der Waals surface area contributed by atoms with E-state index in [0.717, 1.165) is 6.42 Å². The summed E-state index contributed by atoms with van der Waals surface area (Å²) in [6, 6.07) is 2.04. The lowest BCUT2D eigenvalue weighted by molar-refractivity contribution is -0.125. The molecule has 0 fully saturated rings. The van der Waals surface area contributed by atoms with E-state index in [1.807, 2.05) is 26.8 Å². The maximum Gasteiger partial charge on any atom is 0.223 e. The van der Waals surface area contributed by atoms with Crippen LogP contribution in [0, 0.1) is 23.2 Å². The molecule has 0 aliphatic carbocycles. The van der Waals surface area contributed by atoms with Crippen LogP contribution in [-0.4, -0.2) is 12.5 Å². The Balaban J connectivity index is 3.57. The molecule has 3 heteroatoms. The Bertz CT molecular complexity index is 194. The van der Waals surface area contributed by atoms with Gasteiger partial charge < -0.3 is 5.32 Å². The van der Waals surface area contributed by atoms with Gasteiger partial charge in [-0.3, -0.25) is 4.79 Å². The van der Waals surface area contributed by atoms with Crippen molar-refractivity contribution in [2.45, 2.75) is 33.6 Å². The average molecular weight is 182 g/mol. The van der Waals surface area contributed by atoms with Crippen molar-refractivity contribution in [2.75, 3.05) is 6.54 Å². The third kappa shape index (κ3) is 5.24. The van der Waals surface area contributed by atoms with E-state index in [0.29, 0.717) is 18.9 Å². The molecular weight excluding hydrogens is 164 g/mol. The Morgan fingerprint density at radius 1 is 1.46 bits per heavy atom. The number of nitriles is 1. The second-order valence-corrected chi connectivity index (χ2v) is 3.59. The number of carbonyl (C=O) groups excluding carboxylic acids is 1. The van der Waals surface area contributed by atoms with Crippen LogP contribution in [0.25, 0.3) is 0 Å². The van der Waals surface area contributed by atoms with E-state index in [2.05, 4.69) is 5.32 Å². The van der Waals surface area contributed by atoms with Crippen LogP contribution in [0.4, 0.5) is 0 Å². The lowest BCUT2D eigenvalue weighted by Gasteiger charge is -2.14. The second kappa shape index (κ2) is 6.47. The summed E-state index contributed by atoms with van der Waals surface area (Å²) in [6.45, 7) is 6.59. The van der Waals surface area contributed by atoms with E-state index >= 15 is 0 Å². The van der Waals surface area contributed by atoms with Crippen molar-refractivity contribution in [2.24, 2.45) is 11.8 Å². The molecule has 0 saturated heterocycles. The number of rotatable bonds is 5. The first-order valence-corrected chi connectivity index (χ1v) is 4.74. The fraction of sp³-hybridized carbons (Fsp3) is 0.800. The summed E-state index contributed by atoms with van der Waals surface area (Å²) < 4.78 is 0. The van der Waals surface area contributed by atoms with E-state index in [1.54, 1.807) is 0 Å². The first kappa shape index (κ1) is 12.0. The molecule has 0 heterocycles. The van der Waals surface area contributed by atoms with E-state index in [4.69, 9.17) is 5.26 Å². The summed E-state index contributed by atoms with van der Waals surface area (Å²) in [7, 11) is 0. The predicted octanol–water partition coefficient (Wildman–Crippen LogP) is 1.70. The Hall–Kier alpha value is -1.04. The molecule has 0 bridgehead atoms. The van der Waals surface area contributed by atoms with Gasteiger partial charge in [-0.05, 0) is 12.3 Å². The molecule has 1 amide bonds. The lowest BCUT2D eigenvalue weighted by atomic mass is 9.97. The number of hydrogen-bond acceptors (Lipinski definition) is 2. The molecule has 74 valence electrons. The van der Waals surface area contributed by atoms with Crippen molar-refractivity contribution < 1.29 is 4.79 Å². The summed E-state index contributed by atoms with van der Waals surface area (Å²) in [4.78, 5) is 11.4. The highest BCUT2D eigenvalue weighted by Crippen LogP contribution is 2.08. The summed E-state index contributed by atoms with van der Waals surface area (Å²) in [6.07, 6.45) is 1.25. The van der Waals surface area contributed by atoms with E-state index in [9.17, 15) is 4.79 Å². The molecule has 0 radical (unpaired) electrons. The van der Waals surface area contributed by atoms with Crippen LogP contribution in [0.1, 0.15) is 33.6 Å². The van der Waals surface area contributed by atoms with Gasteiger partial charge in [0.15, 0.2) is 0 Å². The smallest absolute Gasteiger partial charge is 0.223 e. The van der Waals surface area contributed by atoms with Crippen molar-refractivity contribution >= 4 is 5.91 Å². The van der Waals surface area contributed by atoms with Crippen molar-refractivity contribution in [3.05, 3.63) is 0 Å². The zero-order chi connectivity index (χ0) is 10.3. The fourth-order valence-electron chi connectivity index (χ4n) is 0.843. The zero-order valence-corrected chi connectivity index (χ0v) is 8.63. The van der Waals surface area contributed by atoms with Gasteiger partial charge in [-0.1, -0.05) is 20.8 Å². The topological polar surface area (TPSA) is 52.9 Å². The molecule has 0 aromatic carbocycles. The van der Waals surface area contributed by atoms with Gasteiger partial charge in [0, 0.05) is 18.9 Å². The third-order valence-corrected chi connectivity index (χ3v) is 2.18. The van der Waals surface area contributed by atoms with E-state index in [-0.39, 0.29) is 11.8 Å². The molecule has 0 aromatic heterocycles. The quantitative estimate of drug-likeness (QED) is 0.658. The van der Waals surface area contributed by atoms with Gasteiger partial charge in [-0.2, -0.15) is 5.26 Å². The summed E-state index contributed by atoms with van der Waals surface area (Å²) >= 11 is 0. The lowest BCUT2D eigenvalue weighted by Crippen LogP contribution is -2.32. The highest BCUT2D eigenvalue weighted by Gasteiger charge is 2.15. The first-order chi connectivity index (χ1) is 6.09. The van der Waals surface area contributed by atoms with Gasteiger partial charge >= 0.3 is 0 Å². The Kier molecular flexibility index (Phi) is 5.96. The maximum absolute atomic E-state index is 11.4. The van der Waals surface area contributed by atoms with Gasteiger partial charge in [0.2, 0.25) is 5.91 Å².